The molecule has 1 heterocycles. The van der Waals surface area contributed by atoms with Crippen LogP contribution in [0, 0.1) is 0 Å². The number of rotatable bonds is 6. The van der Waals surface area contributed by atoms with Crippen molar-refractivity contribution in [1.29, 1.82) is 0 Å². The molecule has 7 heteroatoms. The Morgan fingerprint density at radius 3 is 2.64 bits per heavy atom. The van der Waals surface area contributed by atoms with E-state index >= 15 is 0 Å². The summed E-state index contributed by atoms with van der Waals surface area (Å²) in [4.78, 5) is 14.6. The van der Waals surface area contributed by atoms with Gasteiger partial charge in [-0.15, -0.1) is 17.5 Å². The van der Waals surface area contributed by atoms with Crippen LogP contribution in [0.3, 0.4) is 0 Å². The molecule has 2 N–H and O–H groups in total. The van der Waals surface area contributed by atoms with E-state index in [9.17, 15) is 4.79 Å². The van der Waals surface area contributed by atoms with Crippen molar-refractivity contribution in [2.45, 2.75) is 6.42 Å². The number of benzene rings is 2. The lowest BCUT2D eigenvalue weighted by Crippen LogP contribution is -2.36. The fraction of sp³-hybridized carbons (Fsp3) is 0.278. The smallest absolute Gasteiger partial charge is 0.253 e. The standard InChI is InChI=1S/C18H21N5O.ClH/c1-22-17-8-7-15(13-16(17)20-21-22)18(24)23(12-10-19)11-9-14-5-3-2-4-6-14;/h2-8,13H,9-12,19H2,1H3;1H. The first-order chi connectivity index (χ1) is 11.7. The third kappa shape index (κ3) is 4.35. The minimum Gasteiger partial charge on any atom is -0.337 e. The normalized spacial score (nSPS) is 10.5. The van der Waals surface area contributed by atoms with Crippen LogP contribution in [0.1, 0.15) is 15.9 Å². The lowest BCUT2D eigenvalue weighted by molar-refractivity contribution is 0.0762. The molecular weight excluding hydrogens is 338 g/mol. The summed E-state index contributed by atoms with van der Waals surface area (Å²) in [5.74, 6) is -0.0241. The van der Waals surface area contributed by atoms with Gasteiger partial charge >= 0.3 is 0 Å². The van der Waals surface area contributed by atoms with E-state index in [0.717, 1.165) is 17.5 Å². The fourth-order valence-electron chi connectivity index (χ4n) is 2.74. The molecule has 1 amide bonds. The number of nitrogens with two attached hydrogens (primary N) is 1. The number of hydrogen-bond donors (Lipinski definition) is 1. The first kappa shape index (κ1) is 18.9. The Bertz CT molecular complexity index is 834. The SMILES string of the molecule is Cl.Cn1nnc2cc(C(=O)N(CCN)CCc3ccccc3)ccc21. The monoisotopic (exact) mass is 359 g/mol. The highest BCUT2D eigenvalue weighted by molar-refractivity contribution is 5.97. The van der Waals surface area contributed by atoms with E-state index in [1.165, 1.54) is 5.56 Å². The number of nitrogens with zero attached hydrogens (tertiary/aromatic N) is 4. The van der Waals surface area contributed by atoms with Gasteiger partial charge in [-0.05, 0) is 30.2 Å². The second-order valence-corrected chi connectivity index (χ2v) is 5.73. The van der Waals surface area contributed by atoms with Gasteiger partial charge in [0.15, 0.2) is 0 Å². The molecule has 0 radical (unpaired) electrons. The van der Waals surface area contributed by atoms with Crippen molar-refractivity contribution in [3.63, 3.8) is 0 Å². The van der Waals surface area contributed by atoms with Crippen LogP contribution in [-0.2, 0) is 13.5 Å². The molecule has 3 aromatic rings. The van der Waals surface area contributed by atoms with Gasteiger partial charge in [-0.1, -0.05) is 35.5 Å². The highest BCUT2D eigenvalue weighted by atomic mass is 35.5. The number of carbonyl (C=O) groups excluding carboxylic acids is 1. The van der Waals surface area contributed by atoms with E-state index < -0.39 is 0 Å². The Labute approximate surface area is 153 Å². The van der Waals surface area contributed by atoms with E-state index in [1.54, 1.807) is 15.6 Å². The third-order valence-electron chi connectivity index (χ3n) is 4.06. The summed E-state index contributed by atoms with van der Waals surface area (Å²) >= 11 is 0. The molecule has 1 aromatic heterocycles. The highest BCUT2D eigenvalue weighted by Crippen LogP contribution is 2.14. The summed E-state index contributed by atoms with van der Waals surface area (Å²) < 4.78 is 1.69. The van der Waals surface area contributed by atoms with Gasteiger partial charge in [0.2, 0.25) is 0 Å². The summed E-state index contributed by atoms with van der Waals surface area (Å²) in [5.41, 5.74) is 9.13. The maximum atomic E-state index is 12.8. The van der Waals surface area contributed by atoms with E-state index in [4.69, 9.17) is 5.73 Å². The zero-order valence-corrected chi connectivity index (χ0v) is 14.9. The molecule has 0 aliphatic rings. The number of amides is 1. The van der Waals surface area contributed by atoms with Crippen LogP contribution in [0.4, 0.5) is 0 Å². The van der Waals surface area contributed by atoms with Crippen LogP contribution in [0.25, 0.3) is 11.0 Å². The maximum absolute atomic E-state index is 12.8. The van der Waals surface area contributed by atoms with E-state index in [2.05, 4.69) is 22.4 Å². The molecule has 0 spiro atoms. The van der Waals surface area contributed by atoms with Gasteiger partial charge < -0.3 is 10.6 Å². The van der Waals surface area contributed by atoms with E-state index in [1.807, 2.05) is 37.4 Å². The predicted octanol–water partition coefficient (Wildman–Crippen LogP) is 2.03. The quantitative estimate of drug-likeness (QED) is 0.730. The average molecular weight is 360 g/mol. The first-order valence-electron chi connectivity index (χ1n) is 8.02. The van der Waals surface area contributed by atoms with Crippen LogP contribution < -0.4 is 5.73 Å². The summed E-state index contributed by atoms with van der Waals surface area (Å²) in [6.07, 6.45) is 0.806. The van der Waals surface area contributed by atoms with E-state index in [0.29, 0.717) is 25.2 Å². The third-order valence-corrected chi connectivity index (χ3v) is 4.06. The molecule has 6 nitrogen and oxygen atoms in total. The van der Waals surface area contributed by atoms with Gasteiger partial charge in [0.25, 0.3) is 5.91 Å². The van der Waals surface area contributed by atoms with Gasteiger partial charge in [0.05, 0.1) is 5.52 Å². The Morgan fingerprint density at radius 1 is 1.16 bits per heavy atom. The number of halogens is 1. The Hall–Kier alpha value is -2.44. The van der Waals surface area contributed by atoms with Gasteiger partial charge in [0, 0.05) is 32.2 Å². The van der Waals surface area contributed by atoms with Crippen LogP contribution in [0.15, 0.2) is 48.5 Å². The largest absolute Gasteiger partial charge is 0.337 e. The van der Waals surface area contributed by atoms with Crippen LogP contribution in [-0.4, -0.2) is 45.4 Å². The molecule has 132 valence electrons. The molecule has 25 heavy (non-hydrogen) atoms. The molecule has 0 saturated carbocycles. The molecular formula is C18H22ClN5O. The second kappa shape index (κ2) is 8.60. The number of hydrogen-bond acceptors (Lipinski definition) is 4. The van der Waals surface area contributed by atoms with Crippen molar-refractivity contribution >= 4 is 29.3 Å². The fourth-order valence-corrected chi connectivity index (χ4v) is 2.74. The number of aromatic nitrogens is 3. The minimum absolute atomic E-state index is 0. The topological polar surface area (TPSA) is 77.0 Å². The number of fused-ring (bicyclic) bond motifs is 1. The molecule has 0 bridgehead atoms. The summed E-state index contributed by atoms with van der Waals surface area (Å²) in [6, 6.07) is 15.6. The van der Waals surface area contributed by atoms with Gasteiger partial charge in [0.1, 0.15) is 5.52 Å². The molecule has 3 rings (SSSR count). The number of carbonyl (C=O) groups is 1. The highest BCUT2D eigenvalue weighted by Gasteiger charge is 2.16. The minimum atomic E-state index is -0.0241. The van der Waals surface area contributed by atoms with Gasteiger partial charge in [-0.2, -0.15) is 0 Å². The Balaban J connectivity index is 0.00000225. The van der Waals surface area contributed by atoms with Crippen molar-refractivity contribution in [3.8, 4) is 0 Å². The van der Waals surface area contributed by atoms with Crippen LogP contribution in [0.5, 0.6) is 0 Å². The van der Waals surface area contributed by atoms with Crippen molar-refractivity contribution in [3.05, 3.63) is 59.7 Å². The molecule has 0 aliphatic carbocycles. The Kier molecular flexibility index (Phi) is 6.50. The average Bonchev–Trinajstić information content (AvgIpc) is 2.99. The number of aryl methyl sites for hydroxylation is 1. The van der Waals surface area contributed by atoms with Crippen LogP contribution >= 0.6 is 12.4 Å². The predicted molar refractivity (Wildman–Crippen MR) is 101 cm³/mol. The second-order valence-electron chi connectivity index (χ2n) is 5.73. The van der Waals surface area contributed by atoms with Crippen molar-refractivity contribution in [2.75, 3.05) is 19.6 Å². The lowest BCUT2D eigenvalue weighted by Gasteiger charge is -2.22. The summed E-state index contributed by atoms with van der Waals surface area (Å²) in [6.45, 7) is 1.61. The van der Waals surface area contributed by atoms with Gasteiger partial charge in [-0.25, -0.2) is 4.68 Å². The van der Waals surface area contributed by atoms with E-state index in [-0.39, 0.29) is 18.3 Å². The molecule has 2 aromatic carbocycles. The van der Waals surface area contributed by atoms with Crippen molar-refractivity contribution in [1.82, 2.24) is 19.9 Å². The Morgan fingerprint density at radius 2 is 1.92 bits per heavy atom. The van der Waals surface area contributed by atoms with Crippen molar-refractivity contribution < 1.29 is 4.79 Å². The van der Waals surface area contributed by atoms with Gasteiger partial charge in [-0.3, -0.25) is 4.79 Å². The molecule has 0 aliphatic heterocycles. The molecule has 0 atom stereocenters. The molecule has 0 fully saturated rings. The van der Waals surface area contributed by atoms with Crippen LogP contribution in [0.2, 0.25) is 0 Å². The van der Waals surface area contributed by atoms with Crippen molar-refractivity contribution in [2.24, 2.45) is 12.8 Å². The molecule has 0 unspecified atom stereocenters. The zero-order chi connectivity index (χ0) is 16.9. The summed E-state index contributed by atoms with van der Waals surface area (Å²) in [7, 11) is 1.83. The molecule has 0 saturated heterocycles. The zero-order valence-electron chi connectivity index (χ0n) is 14.1. The summed E-state index contributed by atoms with van der Waals surface area (Å²) in [5, 5.41) is 8.05. The lowest BCUT2D eigenvalue weighted by atomic mass is 10.1. The first-order valence-corrected chi connectivity index (χ1v) is 8.02. The maximum Gasteiger partial charge on any atom is 0.253 e.